The number of sulfonamides is 1. The van der Waals surface area contributed by atoms with Crippen molar-refractivity contribution in [2.24, 2.45) is 5.14 Å². The van der Waals surface area contributed by atoms with Gasteiger partial charge in [0, 0.05) is 12.7 Å². The van der Waals surface area contributed by atoms with Crippen molar-refractivity contribution in [3.63, 3.8) is 0 Å². The van der Waals surface area contributed by atoms with Gasteiger partial charge < -0.3 is 0 Å². The fourth-order valence-electron chi connectivity index (χ4n) is 0.664. The fourth-order valence-corrected chi connectivity index (χ4v) is 1.13. The summed E-state index contributed by atoms with van der Waals surface area (Å²) < 4.78 is 22.9. The number of primary sulfonamides is 1. The maximum absolute atomic E-state index is 10.7. The first-order chi connectivity index (χ1) is 5.04. The molecule has 0 aromatic carbocycles. The summed E-state index contributed by atoms with van der Waals surface area (Å²) in [5, 5.41) is 8.60. The van der Waals surface area contributed by atoms with E-state index in [4.69, 9.17) is 5.14 Å². The smallest absolute Gasteiger partial charge is 0.241 e. The second-order valence-corrected chi connectivity index (χ2v) is 3.64. The Labute approximate surface area is 64.9 Å². The highest BCUT2D eigenvalue weighted by atomic mass is 32.2. The maximum Gasteiger partial charge on any atom is 0.241 e. The second-order valence-electron chi connectivity index (χ2n) is 2.08. The van der Waals surface area contributed by atoms with Crippen molar-refractivity contribution in [1.29, 1.82) is 0 Å². The number of aryl methyl sites for hydroxylation is 1. The van der Waals surface area contributed by atoms with E-state index in [2.05, 4.69) is 5.10 Å². The highest BCUT2D eigenvalue weighted by Gasteiger charge is 2.08. The minimum Gasteiger partial charge on any atom is -0.272 e. The first kappa shape index (κ1) is 8.22. The second kappa shape index (κ2) is 2.63. The Bertz CT molecular complexity index is 340. The summed E-state index contributed by atoms with van der Waals surface area (Å²) in [5.41, 5.74) is 0. The largest absolute Gasteiger partial charge is 0.272 e. The highest BCUT2D eigenvalue weighted by molar-refractivity contribution is 7.89. The molecule has 0 saturated heterocycles. The molecule has 1 aromatic rings. The van der Waals surface area contributed by atoms with E-state index in [0.717, 1.165) is 0 Å². The van der Waals surface area contributed by atoms with Gasteiger partial charge in [-0.1, -0.05) is 0 Å². The van der Waals surface area contributed by atoms with Crippen LogP contribution in [0.5, 0.6) is 0 Å². The quantitative estimate of drug-likeness (QED) is 0.661. The Morgan fingerprint density at radius 1 is 1.73 bits per heavy atom. The molecule has 0 aliphatic carbocycles. The first-order valence-electron chi connectivity index (χ1n) is 3.09. The SMILES string of the molecule is CCn1cc(S(N)(=O)=O)cn1. The van der Waals surface area contributed by atoms with Gasteiger partial charge in [-0.15, -0.1) is 0 Å². The molecule has 6 heteroatoms. The summed E-state index contributed by atoms with van der Waals surface area (Å²) in [5.74, 6) is 0. The van der Waals surface area contributed by atoms with E-state index in [1.165, 1.54) is 17.1 Å². The van der Waals surface area contributed by atoms with E-state index in [1.807, 2.05) is 6.92 Å². The standard InChI is InChI=1S/C5H9N3O2S/c1-2-8-4-5(3-7-8)11(6,9)10/h3-4H,2H2,1H3,(H2,6,9,10). The molecule has 0 atom stereocenters. The molecule has 0 amide bonds. The van der Waals surface area contributed by atoms with E-state index in [0.29, 0.717) is 6.54 Å². The normalized spacial score (nSPS) is 11.8. The molecule has 0 fully saturated rings. The molecule has 0 aliphatic heterocycles. The Balaban J connectivity index is 3.09. The number of nitrogens with zero attached hydrogens (tertiary/aromatic N) is 2. The van der Waals surface area contributed by atoms with Crippen molar-refractivity contribution in [3.8, 4) is 0 Å². The molecule has 5 nitrogen and oxygen atoms in total. The highest BCUT2D eigenvalue weighted by Crippen LogP contribution is 2.02. The number of nitrogens with two attached hydrogens (primary N) is 1. The molecule has 0 radical (unpaired) electrons. The van der Waals surface area contributed by atoms with Crippen LogP contribution in [0.4, 0.5) is 0 Å². The van der Waals surface area contributed by atoms with E-state index >= 15 is 0 Å². The lowest BCUT2D eigenvalue weighted by molar-refractivity contribution is 0.597. The van der Waals surface area contributed by atoms with Gasteiger partial charge in [-0.05, 0) is 6.92 Å². The average molecular weight is 175 g/mol. The van der Waals surface area contributed by atoms with Crippen molar-refractivity contribution in [2.75, 3.05) is 0 Å². The molecule has 0 bridgehead atoms. The van der Waals surface area contributed by atoms with E-state index in [-0.39, 0.29) is 4.90 Å². The Hall–Kier alpha value is -0.880. The van der Waals surface area contributed by atoms with Crippen LogP contribution in [0.25, 0.3) is 0 Å². The molecule has 2 N–H and O–H groups in total. The van der Waals surface area contributed by atoms with Crippen LogP contribution in [-0.2, 0) is 16.6 Å². The minimum absolute atomic E-state index is 0.0550. The molecular formula is C5H9N3O2S. The predicted octanol–water partition coefficient (Wildman–Crippen LogP) is -0.450. The Morgan fingerprint density at radius 2 is 2.36 bits per heavy atom. The lowest BCUT2D eigenvalue weighted by Gasteiger charge is -1.90. The zero-order chi connectivity index (χ0) is 8.48. The van der Waals surface area contributed by atoms with Crippen molar-refractivity contribution in [2.45, 2.75) is 18.4 Å². The van der Waals surface area contributed by atoms with Crippen LogP contribution < -0.4 is 5.14 Å². The molecule has 62 valence electrons. The summed E-state index contributed by atoms with van der Waals surface area (Å²) in [7, 11) is -3.58. The first-order valence-corrected chi connectivity index (χ1v) is 4.64. The summed E-state index contributed by atoms with van der Waals surface area (Å²) in [6, 6.07) is 0. The van der Waals surface area contributed by atoms with Crippen LogP contribution in [-0.4, -0.2) is 18.2 Å². The van der Waals surface area contributed by atoms with Crippen LogP contribution in [0.2, 0.25) is 0 Å². The number of rotatable bonds is 2. The molecule has 0 spiro atoms. The van der Waals surface area contributed by atoms with E-state index in [9.17, 15) is 8.42 Å². The molecule has 1 heterocycles. The summed E-state index contributed by atoms with van der Waals surface area (Å²) >= 11 is 0. The zero-order valence-corrected chi connectivity index (χ0v) is 6.87. The van der Waals surface area contributed by atoms with E-state index in [1.54, 1.807) is 0 Å². The predicted molar refractivity (Wildman–Crippen MR) is 39.3 cm³/mol. The van der Waals surface area contributed by atoms with Crippen molar-refractivity contribution < 1.29 is 8.42 Å². The minimum atomic E-state index is -3.58. The monoisotopic (exact) mass is 175 g/mol. The third kappa shape index (κ3) is 1.78. The number of hydrogen-bond donors (Lipinski definition) is 1. The molecule has 1 rings (SSSR count). The van der Waals surface area contributed by atoms with Crippen LogP contribution in [0.15, 0.2) is 17.3 Å². The van der Waals surface area contributed by atoms with Gasteiger partial charge in [0.15, 0.2) is 0 Å². The van der Waals surface area contributed by atoms with E-state index < -0.39 is 10.0 Å². The molecule has 0 aliphatic rings. The van der Waals surface area contributed by atoms with Gasteiger partial charge >= 0.3 is 0 Å². The molecular weight excluding hydrogens is 166 g/mol. The van der Waals surface area contributed by atoms with Gasteiger partial charge in [-0.2, -0.15) is 5.10 Å². The lowest BCUT2D eigenvalue weighted by Crippen LogP contribution is -2.11. The molecule has 1 aromatic heterocycles. The molecule has 0 unspecified atom stereocenters. The van der Waals surface area contributed by atoms with Gasteiger partial charge in [0.05, 0.1) is 6.20 Å². The van der Waals surface area contributed by atoms with Crippen molar-refractivity contribution >= 4 is 10.0 Å². The summed E-state index contributed by atoms with van der Waals surface area (Å²) in [6.45, 7) is 2.50. The molecule has 11 heavy (non-hydrogen) atoms. The fraction of sp³-hybridized carbons (Fsp3) is 0.400. The van der Waals surface area contributed by atoms with Crippen LogP contribution >= 0.6 is 0 Å². The van der Waals surface area contributed by atoms with Crippen LogP contribution in [0.3, 0.4) is 0 Å². The average Bonchev–Trinajstić information content (AvgIpc) is 2.32. The third-order valence-corrected chi connectivity index (χ3v) is 2.13. The lowest BCUT2D eigenvalue weighted by atomic mass is 10.7. The molecule has 0 saturated carbocycles. The zero-order valence-electron chi connectivity index (χ0n) is 6.06. The third-order valence-electron chi connectivity index (χ3n) is 1.26. The van der Waals surface area contributed by atoms with Crippen LogP contribution in [0.1, 0.15) is 6.92 Å². The van der Waals surface area contributed by atoms with Crippen molar-refractivity contribution in [1.82, 2.24) is 9.78 Å². The topological polar surface area (TPSA) is 78.0 Å². The summed E-state index contributed by atoms with van der Waals surface area (Å²) in [4.78, 5) is 0.0550. The number of aromatic nitrogens is 2. The summed E-state index contributed by atoms with van der Waals surface area (Å²) in [6.07, 6.45) is 2.63. The van der Waals surface area contributed by atoms with Gasteiger partial charge in [-0.25, -0.2) is 13.6 Å². The number of hydrogen-bond acceptors (Lipinski definition) is 3. The van der Waals surface area contributed by atoms with Gasteiger partial charge in [-0.3, -0.25) is 4.68 Å². The van der Waals surface area contributed by atoms with Gasteiger partial charge in [0.1, 0.15) is 4.90 Å². The van der Waals surface area contributed by atoms with Crippen molar-refractivity contribution in [3.05, 3.63) is 12.4 Å². The Kier molecular flexibility index (Phi) is 1.97. The van der Waals surface area contributed by atoms with Gasteiger partial charge in [0.25, 0.3) is 0 Å². The maximum atomic E-state index is 10.7. The Morgan fingerprint density at radius 3 is 2.64 bits per heavy atom. The van der Waals surface area contributed by atoms with Gasteiger partial charge in [0.2, 0.25) is 10.0 Å². The van der Waals surface area contributed by atoms with Crippen LogP contribution in [0, 0.1) is 0 Å².